The average molecular weight is 375 g/mol. The van der Waals surface area contributed by atoms with Crippen LogP contribution in [0.1, 0.15) is 28.8 Å². The number of phenols is 1. The fraction of sp³-hybridized carbons (Fsp3) is 0.190. The molecule has 6 heteroatoms. The van der Waals surface area contributed by atoms with E-state index >= 15 is 0 Å². The second-order valence-corrected chi connectivity index (χ2v) is 7.83. The van der Waals surface area contributed by atoms with Gasteiger partial charge in [0.25, 0.3) is 5.56 Å². The van der Waals surface area contributed by atoms with Crippen LogP contribution in [0.25, 0.3) is 21.0 Å². The van der Waals surface area contributed by atoms with Crippen molar-refractivity contribution in [2.75, 3.05) is 0 Å². The van der Waals surface area contributed by atoms with Crippen molar-refractivity contribution in [1.82, 2.24) is 9.66 Å². The van der Waals surface area contributed by atoms with Crippen molar-refractivity contribution < 1.29 is 5.11 Å². The Morgan fingerprint density at radius 2 is 2.00 bits per heavy atom. The average Bonchev–Trinajstić information content (AvgIpc) is 3.08. The topological polar surface area (TPSA) is 67.5 Å². The zero-order valence-electron chi connectivity index (χ0n) is 14.6. The van der Waals surface area contributed by atoms with E-state index in [-0.39, 0.29) is 11.3 Å². The Morgan fingerprint density at radius 1 is 1.15 bits per heavy atom. The molecular formula is C21H17N3O2S. The molecule has 134 valence electrons. The summed E-state index contributed by atoms with van der Waals surface area (Å²) in [4.78, 5) is 19.5. The lowest BCUT2D eigenvalue weighted by atomic mass is 9.97. The predicted octanol–water partition coefficient (Wildman–Crippen LogP) is 4.08. The van der Waals surface area contributed by atoms with E-state index in [1.807, 2.05) is 30.3 Å². The van der Waals surface area contributed by atoms with Gasteiger partial charge in [-0.2, -0.15) is 9.78 Å². The molecule has 0 unspecified atom stereocenters. The van der Waals surface area contributed by atoms with Gasteiger partial charge in [-0.15, -0.1) is 11.3 Å². The number of aryl methyl sites for hydroxylation is 2. The molecule has 2 aromatic carbocycles. The SMILES string of the molecule is O=c1c2c3c(sc2ncn1/N=C/c1c(O)ccc2ccccc12)CCCC3. The molecule has 27 heavy (non-hydrogen) atoms. The Labute approximate surface area is 159 Å². The van der Waals surface area contributed by atoms with Crippen molar-refractivity contribution in [3.05, 3.63) is 69.1 Å². The van der Waals surface area contributed by atoms with E-state index in [9.17, 15) is 9.90 Å². The van der Waals surface area contributed by atoms with E-state index < -0.39 is 0 Å². The van der Waals surface area contributed by atoms with Crippen LogP contribution < -0.4 is 5.56 Å². The number of fused-ring (bicyclic) bond motifs is 4. The molecule has 0 amide bonds. The molecule has 1 aliphatic carbocycles. The third-order valence-electron chi connectivity index (χ3n) is 5.12. The third-order valence-corrected chi connectivity index (χ3v) is 6.32. The summed E-state index contributed by atoms with van der Waals surface area (Å²) in [5.41, 5.74) is 1.60. The number of aromatic hydroxyl groups is 1. The first-order valence-electron chi connectivity index (χ1n) is 8.99. The van der Waals surface area contributed by atoms with Gasteiger partial charge >= 0.3 is 0 Å². The summed E-state index contributed by atoms with van der Waals surface area (Å²) in [7, 11) is 0. The zero-order chi connectivity index (χ0) is 18.4. The van der Waals surface area contributed by atoms with Crippen molar-refractivity contribution in [3.8, 4) is 5.75 Å². The second-order valence-electron chi connectivity index (χ2n) is 6.75. The molecule has 4 aromatic rings. The van der Waals surface area contributed by atoms with E-state index in [0.29, 0.717) is 10.9 Å². The fourth-order valence-electron chi connectivity index (χ4n) is 3.76. The van der Waals surface area contributed by atoms with Crippen LogP contribution in [-0.2, 0) is 12.8 Å². The lowest BCUT2D eigenvalue weighted by Crippen LogP contribution is -2.18. The maximum Gasteiger partial charge on any atom is 0.282 e. The summed E-state index contributed by atoms with van der Waals surface area (Å²) in [5.74, 6) is 0.132. The smallest absolute Gasteiger partial charge is 0.282 e. The van der Waals surface area contributed by atoms with Crippen molar-refractivity contribution in [3.63, 3.8) is 0 Å². The number of nitrogens with zero attached hydrogens (tertiary/aromatic N) is 3. The summed E-state index contributed by atoms with van der Waals surface area (Å²) in [6.07, 6.45) is 7.25. The molecule has 0 bridgehead atoms. The number of phenolic OH excluding ortho intramolecular Hbond substituents is 1. The molecular weight excluding hydrogens is 358 g/mol. The van der Waals surface area contributed by atoms with Gasteiger partial charge in [-0.25, -0.2) is 4.98 Å². The van der Waals surface area contributed by atoms with Crippen molar-refractivity contribution in [2.24, 2.45) is 5.10 Å². The highest BCUT2D eigenvalue weighted by Crippen LogP contribution is 2.33. The molecule has 2 aromatic heterocycles. The molecule has 0 atom stereocenters. The molecule has 0 fully saturated rings. The van der Waals surface area contributed by atoms with Crippen LogP contribution in [0.5, 0.6) is 5.75 Å². The highest BCUT2D eigenvalue weighted by atomic mass is 32.1. The van der Waals surface area contributed by atoms with Gasteiger partial charge in [0.2, 0.25) is 0 Å². The van der Waals surface area contributed by atoms with Gasteiger partial charge in [0.15, 0.2) is 0 Å². The van der Waals surface area contributed by atoms with Gasteiger partial charge in [0.05, 0.1) is 11.6 Å². The second kappa shape index (κ2) is 6.32. The number of thiophene rings is 1. The number of hydrogen-bond donors (Lipinski definition) is 1. The van der Waals surface area contributed by atoms with Gasteiger partial charge < -0.3 is 5.11 Å². The largest absolute Gasteiger partial charge is 0.507 e. The molecule has 0 radical (unpaired) electrons. The fourth-order valence-corrected chi connectivity index (χ4v) is 4.98. The molecule has 0 aliphatic heterocycles. The lowest BCUT2D eigenvalue weighted by Gasteiger charge is -2.09. The molecule has 0 saturated carbocycles. The Balaban J connectivity index is 1.64. The van der Waals surface area contributed by atoms with Crippen LogP contribution in [0.4, 0.5) is 0 Å². The van der Waals surface area contributed by atoms with Gasteiger partial charge in [0.1, 0.15) is 16.9 Å². The highest BCUT2D eigenvalue weighted by molar-refractivity contribution is 7.18. The summed E-state index contributed by atoms with van der Waals surface area (Å²) < 4.78 is 1.27. The van der Waals surface area contributed by atoms with Gasteiger partial charge in [0, 0.05) is 10.4 Å². The van der Waals surface area contributed by atoms with Crippen molar-refractivity contribution in [2.45, 2.75) is 25.7 Å². The van der Waals surface area contributed by atoms with E-state index in [1.165, 1.54) is 28.5 Å². The minimum atomic E-state index is -0.143. The quantitative estimate of drug-likeness (QED) is 0.537. The number of benzene rings is 2. The monoisotopic (exact) mass is 375 g/mol. The first-order valence-corrected chi connectivity index (χ1v) is 9.81. The summed E-state index contributed by atoms with van der Waals surface area (Å²) in [6.45, 7) is 0. The summed E-state index contributed by atoms with van der Waals surface area (Å²) in [6, 6.07) is 11.3. The van der Waals surface area contributed by atoms with Gasteiger partial charge in [-0.3, -0.25) is 4.79 Å². The number of rotatable bonds is 2. The normalized spacial score (nSPS) is 14.2. The van der Waals surface area contributed by atoms with Gasteiger partial charge in [-0.05, 0) is 48.1 Å². The first-order chi connectivity index (χ1) is 13.2. The first kappa shape index (κ1) is 16.2. The minimum Gasteiger partial charge on any atom is -0.507 e. The van der Waals surface area contributed by atoms with Crippen molar-refractivity contribution >= 4 is 38.5 Å². The highest BCUT2D eigenvalue weighted by Gasteiger charge is 2.19. The predicted molar refractivity (Wildman–Crippen MR) is 109 cm³/mol. The summed E-state index contributed by atoms with van der Waals surface area (Å²) >= 11 is 1.63. The zero-order valence-corrected chi connectivity index (χ0v) is 15.4. The van der Waals surface area contributed by atoms with Crippen LogP contribution in [0.2, 0.25) is 0 Å². The Kier molecular flexibility index (Phi) is 3.79. The molecule has 5 nitrogen and oxygen atoms in total. The molecule has 1 aliphatic rings. The standard InChI is InChI=1S/C21H17N3O2S/c25-17-10-9-13-5-1-2-6-14(13)16(17)11-23-24-12-22-20-19(21(24)26)15-7-3-4-8-18(15)27-20/h1-2,5-6,9-12,25H,3-4,7-8H2/b23-11+. The van der Waals surface area contributed by atoms with E-state index in [4.69, 9.17) is 0 Å². The number of aromatic nitrogens is 2. The molecule has 5 rings (SSSR count). The van der Waals surface area contributed by atoms with Crippen LogP contribution in [-0.4, -0.2) is 21.0 Å². The van der Waals surface area contributed by atoms with Gasteiger partial charge in [-0.1, -0.05) is 30.3 Å². The molecule has 1 N–H and O–H groups in total. The Bertz CT molecular complexity index is 1270. The maximum absolute atomic E-state index is 13.0. The van der Waals surface area contributed by atoms with Crippen LogP contribution in [0.15, 0.2) is 52.6 Å². The maximum atomic E-state index is 13.0. The van der Waals surface area contributed by atoms with E-state index in [1.54, 1.807) is 17.4 Å². The lowest BCUT2D eigenvalue weighted by molar-refractivity contribution is 0.475. The van der Waals surface area contributed by atoms with Crippen LogP contribution in [0.3, 0.4) is 0 Å². The Morgan fingerprint density at radius 3 is 2.93 bits per heavy atom. The van der Waals surface area contributed by atoms with E-state index in [2.05, 4.69) is 10.1 Å². The summed E-state index contributed by atoms with van der Waals surface area (Å²) in [5, 5.41) is 17.2. The van der Waals surface area contributed by atoms with Crippen molar-refractivity contribution in [1.29, 1.82) is 0 Å². The van der Waals surface area contributed by atoms with Crippen LogP contribution >= 0.6 is 11.3 Å². The van der Waals surface area contributed by atoms with E-state index in [0.717, 1.165) is 40.4 Å². The Hall–Kier alpha value is -2.99. The molecule has 0 saturated heterocycles. The third kappa shape index (κ3) is 2.64. The minimum absolute atomic E-state index is 0.132. The molecule has 2 heterocycles. The van der Waals surface area contributed by atoms with Crippen LogP contribution in [0, 0.1) is 0 Å². The number of hydrogen-bond acceptors (Lipinski definition) is 5. The molecule has 0 spiro atoms.